The molecular formula is C15H15N5O2S. The molecule has 0 radical (unpaired) electrons. The number of nitrogens with one attached hydrogen (secondary N) is 2. The van der Waals surface area contributed by atoms with Gasteiger partial charge in [-0.2, -0.15) is 5.10 Å². The van der Waals surface area contributed by atoms with Gasteiger partial charge in [0.2, 0.25) is 0 Å². The van der Waals surface area contributed by atoms with Crippen molar-refractivity contribution in [3.8, 4) is 10.8 Å². The lowest BCUT2D eigenvalue weighted by Gasteiger charge is -2.14. The molecule has 0 spiro atoms. The number of hydrogen-bond donors (Lipinski definition) is 2. The van der Waals surface area contributed by atoms with E-state index in [9.17, 15) is 4.79 Å². The second kappa shape index (κ2) is 5.64. The zero-order valence-corrected chi connectivity index (χ0v) is 13.3. The summed E-state index contributed by atoms with van der Waals surface area (Å²) in [6.07, 6.45) is 4.01. The molecule has 1 aliphatic heterocycles. The second-order valence-corrected chi connectivity index (χ2v) is 6.32. The topological polar surface area (TPSA) is 85.0 Å². The van der Waals surface area contributed by atoms with E-state index in [0.29, 0.717) is 21.5 Å². The first-order valence-electron chi connectivity index (χ1n) is 7.29. The molecule has 0 aliphatic carbocycles. The van der Waals surface area contributed by atoms with E-state index in [-0.39, 0.29) is 5.91 Å². The van der Waals surface area contributed by atoms with Crippen LogP contribution in [0.2, 0.25) is 0 Å². The van der Waals surface area contributed by atoms with Gasteiger partial charge in [0.05, 0.1) is 18.2 Å². The van der Waals surface area contributed by atoms with Gasteiger partial charge in [-0.1, -0.05) is 0 Å². The summed E-state index contributed by atoms with van der Waals surface area (Å²) in [4.78, 5) is 17.2. The SMILES string of the molecule is Cn1nc(NC(=O)c2cnc(-c3ccco3)s2)c2c1CNCC2. The molecule has 1 aliphatic rings. The predicted molar refractivity (Wildman–Crippen MR) is 86.4 cm³/mol. The van der Waals surface area contributed by atoms with Gasteiger partial charge in [-0.15, -0.1) is 11.3 Å². The Morgan fingerprint density at radius 2 is 2.43 bits per heavy atom. The van der Waals surface area contributed by atoms with Crippen LogP contribution in [0.1, 0.15) is 20.9 Å². The van der Waals surface area contributed by atoms with Crippen LogP contribution in [0.4, 0.5) is 5.82 Å². The van der Waals surface area contributed by atoms with Crippen LogP contribution in [-0.4, -0.2) is 27.2 Å². The quantitative estimate of drug-likeness (QED) is 0.768. The van der Waals surface area contributed by atoms with E-state index >= 15 is 0 Å². The van der Waals surface area contributed by atoms with E-state index in [1.807, 2.05) is 17.8 Å². The van der Waals surface area contributed by atoms with Crippen LogP contribution >= 0.6 is 11.3 Å². The first-order chi connectivity index (χ1) is 11.2. The number of carbonyl (C=O) groups excluding carboxylic acids is 1. The van der Waals surface area contributed by atoms with Crippen molar-refractivity contribution >= 4 is 23.1 Å². The monoisotopic (exact) mass is 329 g/mol. The molecule has 3 aromatic rings. The Hall–Kier alpha value is -2.45. The van der Waals surface area contributed by atoms with Crippen molar-refractivity contribution in [2.45, 2.75) is 13.0 Å². The number of amides is 1. The molecule has 0 saturated heterocycles. The molecule has 4 rings (SSSR count). The van der Waals surface area contributed by atoms with Gasteiger partial charge in [0.1, 0.15) is 4.88 Å². The first kappa shape index (κ1) is 14.2. The highest BCUT2D eigenvalue weighted by molar-refractivity contribution is 7.16. The minimum absolute atomic E-state index is 0.195. The lowest BCUT2D eigenvalue weighted by Crippen LogP contribution is -2.25. The minimum Gasteiger partial charge on any atom is -0.462 e. The molecule has 1 amide bonds. The van der Waals surface area contributed by atoms with Gasteiger partial charge in [0.15, 0.2) is 16.6 Å². The number of hydrogen-bond acceptors (Lipinski definition) is 6. The third-order valence-electron chi connectivity index (χ3n) is 3.81. The molecule has 0 bridgehead atoms. The second-order valence-electron chi connectivity index (χ2n) is 5.29. The number of furan rings is 1. The Kier molecular flexibility index (Phi) is 3.47. The normalized spacial score (nSPS) is 13.8. The van der Waals surface area contributed by atoms with Crippen LogP contribution in [-0.2, 0) is 20.0 Å². The molecule has 23 heavy (non-hydrogen) atoms. The number of anilines is 1. The number of fused-ring (bicyclic) bond motifs is 1. The maximum atomic E-state index is 12.5. The Labute approximate surface area is 136 Å². The number of aryl methyl sites for hydroxylation is 1. The van der Waals surface area contributed by atoms with Gasteiger partial charge in [-0.05, 0) is 25.1 Å². The van der Waals surface area contributed by atoms with Gasteiger partial charge in [-0.25, -0.2) is 4.98 Å². The molecule has 0 saturated carbocycles. The Balaban J connectivity index is 1.57. The molecule has 8 heteroatoms. The third-order valence-corrected chi connectivity index (χ3v) is 4.82. The smallest absolute Gasteiger partial charge is 0.268 e. The van der Waals surface area contributed by atoms with Gasteiger partial charge < -0.3 is 15.1 Å². The Bertz CT molecular complexity index is 849. The molecule has 4 heterocycles. The van der Waals surface area contributed by atoms with Crippen LogP contribution < -0.4 is 10.6 Å². The van der Waals surface area contributed by atoms with E-state index in [0.717, 1.165) is 30.8 Å². The summed E-state index contributed by atoms with van der Waals surface area (Å²) in [6.45, 7) is 1.67. The van der Waals surface area contributed by atoms with Gasteiger partial charge in [-0.3, -0.25) is 9.48 Å². The summed E-state index contributed by atoms with van der Waals surface area (Å²) in [6, 6.07) is 3.62. The summed E-state index contributed by atoms with van der Waals surface area (Å²) in [5.74, 6) is 1.11. The molecule has 0 atom stereocenters. The molecule has 118 valence electrons. The largest absolute Gasteiger partial charge is 0.462 e. The number of thiazole rings is 1. The van der Waals surface area contributed by atoms with Crippen LogP contribution in [0.5, 0.6) is 0 Å². The van der Waals surface area contributed by atoms with E-state index in [4.69, 9.17) is 4.42 Å². The number of rotatable bonds is 3. The number of nitrogens with zero attached hydrogens (tertiary/aromatic N) is 3. The molecular weight excluding hydrogens is 314 g/mol. The fourth-order valence-corrected chi connectivity index (χ4v) is 3.45. The van der Waals surface area contributed by atoms with E-state index in [1.54, 1.807) is 18.5 Å². The van der Waals surface area contributed by atoms with Gasteiger partial charge >= 0.3 is 0 Å². The molecule has 0 aromatic carbocycles. The maximum absolute atomic E-state index is 12.5. The Morgan fingerprint density at radius 1 is 1.52 bits per heavy atom. The van der Waals surface area contributed by atoms with Crippen LogP contribution in [0.3, 0.4) is 0 Å². The lowest BCUT2D eigenvalue weighted by atomic mass is 10.1. The maximum Gasteiger partial charge on any atom is 0.268 e. The summed E-state index contributed by atoms with van der Waals surface area (Å²) in [5.41, 5.74) is 2.22. The van der Waals surface area contributed by atoms with Crippen molar-refractivity contribution in [3.63, 3.8) is 0 Å². The minimum atomic E-state index is -0.195. The first-order valence-corrected chi connectivity index (χ1v) is 8.10. The average molecular weight is 329 g/mol. The van der Waals surface area contributed by atoms with Crippen molar-refractivity contribution in [2.75, 3.05) is 11.9 Å². The molecule has 7 nitrogen and oxygen atoms in total. The zero-order chi connectivity index (χ0) is 15.8. The van der Waals surface area contributed by atoms with Gasteiger partial charge in [0.25, 0.3) is 5.91 Å². The van der Waals surface area contributed by atoms with Crippen LogP contribution in [0.15, 0.2) is 29.0 Å². The molecule has 2 N–H and O–H groups in total. The zero-order valence-electron chi connectivity index (χ0n) is 12.5. The summed E-state index contributed by atoms with van der Waals surface area (Å²) < 4.78 is 7.12. The van der Waals surface area contributed by atoms with Crippen molar-refractivity contribution < 1.29 is 9.21 Å². The fourth-order valence-electron chi connectivity index (χ4n) is 2.67. The van der Waals surface area contributed by atoms with Crippen molar-refractivity contribution in [2.24, 2.45) is 7.05 Å². The fraction of sp³-hybridized carbons (Fsp3) is 0.267. The van der Waals surface area contributed by atoms with E-state index < -0.39 is 0 Å². The van der Waals surface area contributed by atoms with Crippen molar-refractivity contribution in [1.82, 2.24) is 20.1 Å². The molecule has 0 unspecified atom stereocenters. The van der Waals surface area contributed by atoms with Crippen LogP contribution in [0, 0.1) is 0 Å². The highest BCUT2D eigenvalue weighted by Gasteiger charge is 2.21. The average Bonchev–Trinajstić information content (AvgIpc) is 3.28. The predicted octanol–water partition coefficient (Wildman–Crippen LogP) is 2.03. The van der Waals surface area contributed by atoms with Crippen LogP contribution in [0.25, 0.3) is 10.8 Å². The molecule has 3 aromatic heterocycles. The summed E-state index contributed by atoms with van der Waals surface area (Å²) in [7, 11) is 1.89. The summed E-state index contributed by atoms with van der Waals surface area (Å²) in [5, 5.41) is 11.3. The lowest BCUT2D eigenvalue weighted by molar-refractivity contribution is 0.103. The molecule has 0 fully saturated rings. The van der Waals surface area contributed by atoms with Crippen molar-refractivity contribution in [3.05, 3.63) is 40.7 Å². The number of carbonyl (C=O) groups is 1. The summed E-state index contributed by atoms with van der Waals surface area (Å²) >= 11 is 1.30. The Morgan fingerprint density at radius 3 is 3.26 bits per heavy atom. The van der Waals surface area contributed by atoms with Gasteiger partial charge in [0, 0.05) is 19.2 Å². The standard InChI is InChI=1S/C15H15N5O2S/c1-20-10-7-16-5-4-9(10)13(19-20)18-14(21)12-8-17-15(23-12)11-3-2-6-22-11/h2-3,6,8,16H,4-5,7H2,1H3,(H,18,19,21). The van der Waals surface area contributed by atoms with Crippen molar-refractivity contribution in [1.29, 1.82) is 0 Å². The van der Waals surface area contributed by atoms with E-state index in [2.05, 4.69) is 20.7 Å². The third kappa shape index (κ3) is 2.55. The highest BCUT2D eigenvalue weighted by Crippen LogP contribution is 2.27. The van der Waals surface area contributed by atoms with E-state index in [1.165, 1.54) is 11.3 Å². The highest BCUT2D eigenvalue weighted by atomic mass is 32.1. The number of aromatic nitrogens is 3.